The fourth-order valence-corrected chi connectivity index (χ4v) is 2.49. The summed E-state index contributed by atoms with van der Waals surface area (Å²) >= 11 is 0. The summed E-state index contributed by atoms with van der Waals surface area (Å²) in [5.74, 6) is 2.81. The quantitative estimate of drug-likeness (QED) is 0.730. The molecule has 0 spiro atoms. The fraction of sp³-hybridized carbons (Fsp3) is 0.625. The largest absolute Gasteiger partial charge is 0.492 e. The van der Waals surface area contributed by atoms with Crippen LogP contribution in [0.4, 0.5) is 5.69 Å². The molecule has 0 saturated heterocycles. The van der Waals surface area contributed by atoms with Gasteiger partial charge in [0.05, 0.1) is 0 Å². The van der Waals surface area contributed by atoms with Crippen molar-refractivity contribution >= 4 is 5.69 Å². The van der Waals surface area contributed by atoms with Gasteiger partial charge in [-0.3, -0.25) is 4.90 Å². The van der Waals surface area contributed by atoms with Crippen LogP contribution in [-0.2, 0) is 0 Å². The molecular weight excluding hydrogens is 236 g/mol. The van der Waals surface area contributed by atoms with Crippen LogP contribution in [0.15, 0.2) is 24.3 Å². The van der Waals surface area contributed by atoms with Gasteiger partial charge in [-0.25, -0.2) is 0 Å². The zero-order valence-corrected chi connectivity index (χ0v) is 11.6. The molecule has 0 aromatic heterocycles. The third kappa shape index (κ3) is 4.43. The number of hydrogen-bond acceptors (Lipinski definition) is 3. The molecule has 19 heavy (non-hydrogen) atoms. The number of benzene rings is 1. The Morgan fingerprint density at radius 1 is 1.11 bits per heavy atom. The Bertz CT molecular complexity index is 399. The summed E-state index contributed by atoms with van der Waals surface area (Å²) in [5.41, 5.74) is 6.52. The summed E-state index contributed by atoms with van der Waals surface area (Å²) < 4.78 is 5.80. The molecule has 0 aliphatic heterocycles. The van der Waals surface area contributed by atoms with Gasteiger partial charge >= 0.3 is 0 Å². The van der Waals surface area contributed by atoms with Crippen molar-refractivity contribution in [2.24, 2.45) is 11.8 Å². The van der Waals surface area contributed by atoms with Crippen LogP contribution < -0.4 is 10.5 Å². The van der Waals surface area contributed by atoms with E-state index in [1.807, 2.05) is 24.3 Å². The number of ether oxygens (including phenoxy) is 1. The zero-order valence-electron chi connectivity index (χ0n) is 11.6. The molecule has 0 unspecified atom stereocenters. The van der Waals surface area contributed by atoms with Crippen molar-refractivity contribution in [3.63, 3.8) is 0 Å². The standard InChI is InChI=1S/C16H24N2O/c17-15-2-1-3-16(10-15)19-9-8-18(11-13-4-5-13)12-14-6-7-14/h1-3,10,13-14H,4-9,11-12,17H2. The second-order valence-corrected chi connectivity index (χ2v) is 6.07. The third-order valence-electron chi connectivity index (χ3n) is 3.96. The molecule has 2 N–H and O–H groups in total. The van der Waals surface area contributed by atoms with Crippen LogP contribution >= 0.6 is 0 Å². The van der Waals surface area contributed by atoms with E-state index in [2.05, 4.69) is 4.90 Å². The monoisotopic (exact) mass is 260 g/mol. The summed E-state index contributed by atoms with van der Waals surface area (Å²) in [5, 5.41) is 0. The van der Waals surface area contributed by atoms with Crippen LogP contribution in [-0.4, -0.2) is 31.1 Å². The van der Waals surface area contributed by atoms with E-state index < -0.39 is 0 Å². The Hall–Kier alpha value is -1.22. The Balaban J connectivity index is 1.42. The van der Waals surface area contributed by atoms with Gasteiger partial charge in [0, 0.05) is 31.4 Å². The van der Waals surface area contributed by atoms with Gasteiger partial charge in [0.15, 0.2) is 0 Å². The number of nitrogen functional groups attached to an aromatic ring is 1. The number of nitrogens with zero attached hydrogens (tertiary/aromatic N) is 1. The van der Waals surface area contributed by atoms with E-state index in [0.29, 0.717) is 0 Å². The summed E-state index contributed by atoms with van der Waals surface area (Å²) in [4.78, 5) is 2.60. The first kappa shape index (κ1) is 12.8. The van der Waals surface area contributed by atoms with Crippen molar-refractivity contribution in [1.29, 1.82) is 0 Å². The van der Waals surface area contributed by atoms with E-state index >= 15 is 0 Å². The summed E-state index contributed by atoms with van der Waals surface area (Å²) in [6.07, 6.45) is 5.71. The lowest BCUT2D eigenvalue weighted by Gasteiger charge is -2.22. The fourth-order valence-electron chi connectivity index (χ4n) is 2.49. The lowest BCUT2D eigenvalue weighted by molar-refractivity contribution is 0.197. The van der Waals surface area contributed by atoms with Gasteiger partial charge in [-0.15, -0.1) is 0 Å². The van der Waals surface area contributed by atoms with Crippen molar-refractivity contribution in [3.8, 4) is 5.75 Å². The molecule has 3 rings (SSSR count). The first-order chi connectivity index (χ1) is 9.29. The minimum atomic E-state index is 0.767. The van der Waals surface area contributed by atoms with Crippen LogP contribution in [0.1, 0.15) is 25.7 Å². The van der Waals surface area contributed by atoms with Crippen LogP contribution in [0.3, 0.4) is 0 Å². The molecule has 104 valence electrons. The highest BCUT2D eigenvalue weighted by atomic mass is 16.5. The van der Waals surface area contributed by atoms with Crippen molar-refractivity contribution in [2.45, 2.75) is 25.7 Å². The van der Waals surface area contributed by atoms with Gasteiger partial charge in [-0.05, 0) is 49.7 Å². The molecule has 1 aromatic carbocycles. The molecule has 2 saturated carbocycles. The Morgan fingerprint density at radius 2 is 1.79 bits per heavy atom. The van der Waals surface area contributed by atoms with Crippen molar-refractivity contribution in [1.82, 2.24) is 4.90 Å². The van der Waals surface area contributed by atoms with E-state index in [9.17, 15) is 0 Å². The predicted molar refractivity (Wildman–Crippen MR) is 78.2 cm³/mol. The SMILES string of the molecule is Nc1cccc(OCCN(CC2CC2)CC2CC2)c1. The number of rotatable bonds is 8. The molecule has 0 heterocycles. The van der Waals surface area contributed by atoms with E-state index in [0.717, 1.165) is 36.4 Å². The van der Waals surface area contributed by atoms with Gasteiger partial charge in [-0.2, -0.15) is 0 Å². The normalized spacial score (nSPS) is 18.8. The molecule has 0 amide bonds. The second kappa shape index (κ2) is 5.83. The second-order valence-electron chi connectivity index (χ2n) is 6.07. The number of hydrogen-bond donors (Lipinski definition) is 1. The molecule has 2 fully saturated rings. The maximum atomic E-state index is 5.80. The maximum absolute atomic E-state index is 5.80. The smallest absolute Gasteiger partial charge is 0.121 e. The highest BCUT2D eigenvalue weighted by Crippen LogP contribution is 2.33. The average Bonchev–Trinajstić information content (AvgIpc) is 3.25. The summed E-state index contributed by atoms with van der Waals surface area (Å²) in [6, 6.07) is 7.70. The maximum Gasteiger partial charge on any atom is 0.121 e. The van der Waals surface area contributed by atoms with E-state index in [4.69, 9.17) is 10.5 Å². The highest BCUT2D eigenvalue weighted by molar-refractivity contribution is 5.43. The highest BCUT2D eigenvalue weighted by Gasteiger charge is 2.28. The lowest BCUT2D eigenvalue weighted by Crippen LogP contribution is -2.32. The topological polar surface area (TPSA) is 38.5 Å². The summed E-state index contributed by atoms with van der Waals surface area (Å²) in [7, 11) is 0. The molecule has 2 aliphatic carbocycles. The minimum absolute atomic E-state index is 0.767. The van der Waals surface area contributed by atoms with Gasteiger partial charge < -0.3 is 10.5 Å². The molecule has 0 radical (unpaired) electrons. The Labute approximate surface area is 115 Å². The van der Waals surface area contributed by atoms with Gasteiger partial charge in [0.1, 0.15) is 12.4 Å². The minimum Gasteiger partial charge on any atom is -0.492 e. The molecule has 1 aromatic rings. The Morgan fingerprint density at radius 3 is 2.37 bits per heavy atom. The van der Waals surface area contributed by atoms with Gasteiger partial charge in [0.2, 0.25) is 0 Å². The number of anilines is 1. The third-order valence-corrected chi connectivity index (χ3v) is 3.96. The zero-order chi connectivity index (χ0) is 13.1. The van der Waals surface area contributed by atoms with E-state index in [1.54, 1.807) is 0 Å². The van der Waals surface area contributed by atoms with Crippen LogP contribution in [0.5, 0.6) is 5.75 Å². The molecule has 0 bridgehead atoms. The van der Waals surface area contributed by atoms with Crippen molar-refractivity contribution < 1.29 is 4.74 Å². The predicted octanol–water partition coefficient (Wildman–Crippen LogP) is 2.77. The molecule has 0 atom stereocenters. The first-order valence-corrected chi connectivity index (χ1v) is 7.50. The lowest BCUT2D eigenvalue weighted by atomic mass is 10.3. The van der Waals surface area contributed by atoms with Gasteiger partial charge in [0.25, 0.3) is 0 Å². The van der Waals surface area contributed by atoms with Gasteiger partial charge in [-0.1, -0.05) is 6.07 Å². The Kier molecular flexibility index (Phi) is 3.92. The van der Waals surface area contributed by atoms with E-state index in [-0.39, 0.29) is 0 Å². The van der Waals surface area contributed by atoms with Crippen LogP contribution in [0.25, 0.3) is 0 Å². The van der Waals surface area contributed by atoms with Crippen LogP contribution in [0.2, 0.25) is 0 Å². The summed E-state index contributed by atoms with van der Waals surface area (Å²) in [6.45, 7) is 4.36. The first-order valence-electron chi connectivity index (χ1n) is 7.50. The van der Waals surface area contributed by atoms with Crippen molar-refractivity contribution in [2.75, 3.05) is 32.0 Å². The molecule has 3 nitrogen and oxygen atoms in total. The average molecular weight is 260 g/mol. The number of nitrogens with two attached hydrogens (primary N) is 1. The molecule has 2 aliphatic rings. The van der Waals surface area contributed by atoms with E-state index in [1.165, 1.54) is 38.8 Å². The molecule has 3 heteroatoms. The molecular formula is C16H24N2O. The van der Waals surface area contributed by atoms with Crippen LogP contribution in [0, 0.1) is 11.8 Å². The van der Waals surface area contributed by atoms with Crippen molar-refractivity contribution in [3.05, 3.63) is 24.3 Å².